The Morgan fingerprint density at radius 1 is 1.07 bits per heavy atom. The molecule has 0 radical (unpaired) electrons. The fourth-order valence-electron chi connectivity index (χ4n) is 5.85. The summed E-state index contributed by atoms with van der Waals surface area (Å²) in [7, 11) is 4.34. The van der Waals surface area contributed by atoms with E-state index >= 15 is 0 Å². The molecule has 2 N–H and O–H groups in total. The van der Waals surface area contributed by atoms with Crippen LogP contribution < -0.4 is 5.73 Å². The zero-order chi connectivity index (χ0) is 20.0. The number of benzene rings is 1. The number of hydrogen-bond acceptors (Lipinski definition) is 3. The van der Waals surface area contributed by atoms with Crippen LogP contribution in [0.3, 0.4) is 0 Å². The standard InChI is InChI=1S/C23H33N3O2/c1-25(2)23(18-7-4-3-5-8-18)13-11-21(12-14-23)15-19(27)26(16-21)17-22(20(24)28)9-6-10-22/h3-5,7-8H,6,9-17H2,1-2H3,(H2,24,28)/t21-,23-. The Hall–Kier alpha value is -1.88. The number of carbonyl (C=O) groups excluding carboxylic acids is 2. The molecule has 0 bridgehead atoms. The van der Waals surface area contributed by atoms with Gasteiger partial charge in [-0.05, 0) is 63.6 Å². The van der Waals surface area contributed by atoms with Gasteiger partial charge in [-0.25, -0.2) is 0 Å². The molecule has 0 aromatic heterocycles. The van der Waals surface area contributed by atoms with E-state index in [0.29, 0.717) is 13.0 Å². The predicted octanol–water partition coefficient (Wildman–Crippen LogP) is 2.89. The summed E-state index contributed by atoms with van der Waals surface area (Å²) >= 11 is 0. The summed E-state index contributed by atoms with van der Waals surface area (Å²) in [6.07, 6.45) is 7.54. The minimum absolute atomic E-state index is 0.0470. The van der Waals surface area contributed by atoms with Crippen molar-refractivity contribution in [1.82, 2.24) is 9.80 Å². The molecular weight excluding hydrogens is 350 g/mol. The van der Waals surface area contributed by atoms with Gasteiger partial charge in [0.1, 0.15) is 0 Å². The molecule has 2 amide bonds. The minimum atomic E-state index is -0.465. The highest BCUT2D eigenvalue weighted by Gasteiger charge is 2.52. The van der Waals surface area contributed by atoms with Gasteiger partial charge in [0.2, 0.25) is 11.8 Å². The first-order chi connectivity index (χ1) is 13.3. The number of primary amides is 1. The van der Waals surface area contributed by atoms with Crippen molar-refractivity contribution >= 4 is 11.8 Å². The van der Waals surface area contributed by atoms with E-state index in [1.807, 2.05) is 4.90 Å². The first-order valence-electron chi connectivity index (χ1n) is 10.6. The summed E-state index contributed by atoms with van der Waals surface area (Å²) < 4.78 is 0. The van der Waals surface area contributed by atoms with Crippen LogP contribution in [0.5, 0.6) is 0 Å². The third-order valence-electron chi connectivity index (χ3n) is 8.04. The third-order valence-corrected chi connectivity index (χ3v) is 8.04. The maximum atomic E-state index is 12.8. The zero-order valence-electron chi connectivity index (χ0n) is 17.2. The second-order valence-corrected chi connectivity index (χ2v) is 9.72. The lowest BCUT2D eigenvalue weighted by Gasteiger charge is -2.49. The van der Waals surface area contributed by atoms with E-state index in [0.717, 1.165) is 51.5 Å². The molecule has 1 spiro atoms. The Kier molecular flexibility index (Phi) is 4.77. The summed E-state index contributed by atoms with van der Waals surface area (Å²) in [4.78, 5) is 29.1. The van der Waals surface area contributed by atoms with Crippen molar-refractivity contribution in [3.8, 4) is 0 Å². The van der Waals surface area contributed by atoms with Gasteiger partial charge in [-0.2, -0.15) is 0 Å². The molecule has 5 nitrogen and oxygen atoms in total. The van der Waals surface area contributed by atoms with E-state index in [2.05, 4.69) is 49.3 Å². The number of likely N-dealkylation sites (tertiary alicyclic amines) is 1. The Bertz CT molecular complexity index is 746. The van der Waals surface area contributed by atoms with E-state index in [9.17, 15) is 9.59 Å². The molecule has 28 heavy (non-hydrogen) atoms. The summed E-state index contributed by atoms with van der Waals surface area (Å²) in [6.45, 7) is 1.32. The molecule has 0 atom stereocenters. The molecule has 5 heteroatoms. The molecule has 1 saturated heterocycles. The molecule has 1 aromatic rings. The normalized spacial score (nSPS) is 32.0. The predicted molar refractivity (Wildman–Crippen MR) is 109 cm³/mol. The van der Waals surface area contributed by atoms with E-state index in [-0.39, 0.29) is 22.8 Å². The van der Waals surface area contributed by atoms with E-state index in [1.165, 1.54) is 5.56 Å². The van der Waals surface area contributed by atoms with E-state index in [4.69, 9.17) is 5.73 Å². The van der Waals surface area contributed by atoms with Gasteiger partial charge < -0.3 is 10.6 Å². The highest BCUT2D eigenvalue weighted by atomic mass is 16.2. The van der Waals surface area contributed by atoms with Crippen molar-refractivity contribution in [2.45, 2.75) is 56.9 Å². The van der Waals surface area contributed by atoms with Crippen LogP contribution in [0.1, 0.15) is 56.9 Å². The maximum absolute atomic E-state index is 12.8. The lowest BCUT2D eigenvalue weighted by Crippen LogP contribution is -2.51. The van der Waals surface area contributed by atoms with E-state index < -0.39 is 5.41 Å². The van der Waals surface area contributed by atoms with Crippen molar-refractivity contribution in [1.29, 1.82) is 0 Å². The second-order valence-electron chi connectivity index (χ2n) is 9.72. The number of hydrogen-bond donors (Lipinski definition) is 1. The van der Waals surface area contributed by atoms with Crippen molar-refractivity contribution in [3.63, 3.8) is 0 Å². The van der Waals surface area contributed by atoms with Crippen LogP contribution >= 0.6 is 0 Å². The Balaban J connectivity index is 1.48. The van der Waals surface area contributed by atoms with Crippen molar-refractivity contribution in [2.75, 3.05) is 27.2 Å². The lowest BCUT2D eigenvalue weighted by atomic mass is 9.64. The summed E-state index contributed by atoms with van der Waals surface area (Å²) in [5, 5.41) is 0. The number of rotatable bonds is 5. The summed E-state index contributed by atoms with van der Waals surface area (Å²) in [5.74, 6) is -0.0172. The van der Waals surface area contributed by atoms with Gasteiger partial charge in [-0.15, -0.1) is 0 Å². The van der Waals surface area contributed by atoms with Crippen molar-refractivity contribution in [2.24, 2.45) is 16.6 Å². The first-order valence-corrected chi connectivity index (χ1v) is 10.6. The molecule has 3 fully saturated rings. The Labute approximate surface area is 168 Å². The van der Waals surface area contributed by atoms with Crippen LogP contribution in [0, 0.1) is 10.8 Å². The van der Waals surface area contributed by atoms with Crippen molar-refractivity contribution < 1.29 is 9.59 Å². The van der Waals surface area contributed by atoms with Crippen LogP contribution in [-0.2, 0) is 15.1 Å². The highest BCUT2D eigenvalue weighted by molar-refractivity contribution is 5.84. The lowest BCUT2D eigenvalue weighted by molar-refractivity contribution is -0.138. The maximum Gasteiger partial charge on any atom is 0.225 e. The molecule has 2 saturated carbocycles. The average Bonchev–Trinajstić information content (AvgIpc) is 2.94. The van der Waals surface area contributed by atoms with Crippen LogP contribution in [0.15, 0.2) is 30.3 Å². The number of amides is 2. The first kappa shape index (κ1) is 19.4. The molecular formula is C23H33N3O2. The molecule has 152 valence electrons. The quantitative estimate of drug-likeness (QED) is 0.850. The fourth-order valence-corrected chi connectivity index (χ4v) is 5.85. The van der Waals surface area contributed by atoms with Gasteiger partial charge in [-0.3, -0.25) is 14.5 Å². The number of nitrogens with zero attached hydrogens (tertiary/aromatic N) is 2. The number of nitrogens with two attached hydrogens (primary N) is 1. The Morgan fingerprint density at radius 2 is 1.71 bits per heavy atom. The second kappa shape index (κ2) is 6.87. The zero-order valence-corrected chi connectivity index (χ0v) is 17.2. The van der Waals surface area contributed by atoms with Gasteiger partial charge in [0.15, 0.2) is 0 Å². The largest absolute Gasteiger partial charge is 0.369 e. The van der Waals surface area contributed by atoms with E-state index in [1.54, 1.807) is 0 Å². The molecule has 1 aromatic carbocycles. The molecule has 4 rings (SSSR count). The monoisotopic (exact) mass is 383 g/mol. The van der Waals surface area contributed by atoms with Gasteiger partial charge in [0.05, 0.1) is 5.41 Å². The van der Waals surface area contributed by atoms with Gasteiger partial charge in [0, 0.05) is 25.0 Å². The van der Waals surface area contributed by atoms with Crippen LogP contribution in [0.4, 0.5) is 0 Å². The van der Waals surface area contributed by atoms with Gasteiger partial charge >= 0.3 is 0 Å². The molecule has 1 aliphatic heterocycles. The molecule has 0 unspecified atom stereocenters. The number of carbonyl (C=O) groups is 2. The van der Waals surface area contributed by atoms with Crippen molar-refractivity contribution in [3.05, 3.63) is 35.9 Å². The minimum Gasteiger partial charge on any atom is -0.369 e. The highest BCUT2D eigenvalue weighted by Crippen LogP contribution is 2.53. The Morgan fingerprint density at radius 3 is 2.21 bits per heavy atom. The fraction of sp³-hybridized carbons (Fsp3) is 0.652. The SMILES string of the molecule is CN(C)[C@]1(c2ccccc2)CC[C@@]2(CC1)CC(=O)N(CC1(C(N)=O)CCC1)C2. The van der Waals surface area contributed by atoms with Crippen LogP contribution in [0.2, 0.25) is 0 Å². The van der Waals surface area contributed by atoms with Gasteiger partial charge in [-0.1, -0.05) is 36.8 Å². The third kappa shape index (κ3) is 3.04. The molecule has 2 aliphatic carbocycles. The van der Waals surface area contributed by atoms with Crippen LogP contribution in [0.25, 0.3) is 0 Å². The smallest absolute Gasteiger partial charge is 0.225 e. The average molecular weight is 384 g/mol. The molecule has 1 heterocycles. The summed E-state index contributed by atoms with van der Waals surface area (Å²) in [5.41, 5.74) is 6.70. The van der Waals surface area contributed by atoms with Crippen LogP contribution in [-0.4, -0.2) is 48.8 Å². The van der Waals surface area contributed by atoms with Gasteiger partial charge in [0.25, 0.3) is 0 Å². The summed E-state index contributed by atoms with van der Waals surface area (Å²) in [6, 6.07) is 10.8. The molecule has 3 aliphatic rings. The topological polar surface area (TPSA) is 66.6 Å².